The summed E-state index contributed by atoms with van der Waals surface area (Å²) < 4.78 is 6.99. The summed E-state index contributed by atoms with van der Waals surface area (Å²) in [4.78, 5) is 15.4. The summed E-state index contributed by atoms with van der Waals surface area (Å²) in [6.45, 7) is 2.81. The fourth-order valence-electron chi connectivity index (χ4n) is 2.83. The minimum atomic E-state index is 0.587. The van der Waals surface area contributed by atoms with Gasteiger partial charge in [0.2, 0.25) is 5.88 Å². The smallest absolute Gasteiger partial charge is 0.213 e. The summed E-state index contributed by atoms with van der Waals surface area (Å²) in [5.41, 5.74) is 0.994. The lowest BCUT2D eigenvalue weighted by atomic mass is 9.98. The maximum Gasteiger partial charge on any atom is 0.213 e. The molecule has 23 heavy (non-hydrogen) atoms. The molecule has 1 aliphatic heterocycles. The van der Waals surface area contributed by atoms with Crippen molar-refractivity contribution in [3.8, 4) is 5.88 Å². The average molecular weight is 326 g/mol. The molecule has 3 aromatic rings. The Morgan fingerprint density at radius 2 is 2.09 bits per heavy atom. The number of rotatable bonds is 4. The highest BCUT2D eigenvalue weighted by Gasteiger charge is 2.22. The van der Waals surface area contributed by atoms with Crippen LogP contribution in [0.15, 0.2) is 42.9 Å². The number of hydrogen-bond acceptors (Lipinski definition) is 6. The van der Waals surface area contributed by atoms with Gasteiger partial charge in [-0.25, -0.2) is 9.97 Å². The molecule has 1 aliphatic rings. The lowest BCUT2D eigenvalue weighted by Gasteiger charge is -2.31. The minimum Gasteiger partial charge on any atom is -0.477 e. The highest BCUT2D eigenvalue weighted by Crippen LogP contribution is 2.31. The zero-order valence-corrected chi connectivity index (χ0v) is 13.6. The molecule has 0 bridgehead atoms. The van der Waals surface area contributed by atoms with Gasteiger partial charge in [-0.15, -0.1) is 0 Å². The second-order valence-corrected chi connectivity index (χ2v) is 6.76. The zero-order chi connectivity index (χ0) is 15.5. The first-order valence-corrected chi connectivity index (χ1v) is 8.69. The second kappa shape index (κ2) is 6.50. The van der Waals surface area contributed by atoms with E-state index in [0.717, 1.165) is 43.2 Å². The SMILES string of the molecule is c1ccc(OCC2CCN(c3nc4cnccc4s3)CC2)nc1. The molecule has 0 radical (unpaired) electrons. The Balaban J connectivity index is 1.33. The number of piperidine rings is 1. The van der Waals surface area contributed by atoms with Crippen molar-refractivity contribution < 1.29 is 4.74 Å². The molecule has 0 spiro atoms. The van der Waals surface area contributed by atoms with Gasteiger partial charge < -0.3 is 9.64 Å². The molecular weight excluding hydrogens is 308 g/mol. The Bertz CT molecular complexity index is 735. The van der Waals surface area contributed by atoms with Crippen LogP contribution in [-0.4, -0.2) is 34.6 Å². The van der Waals surface area contributed by atoms with Crippen LogP contribution in [0.3, 0.4) is 0 Å². The van der Waals surface area contributed by atoms with Crippen molar-refractivity contribution in [1.29, 1.82) is 0 Å². The Labute approximate surface area is 139 Å². The fourth-order valence-corrected chi connectivity index (χ4v) is 3.81. The molecule has 6 heteroatoms. The van der Waals surface area contributed by atoms with Crippen molar-refractivity contribution in [3.05, 3.63) is 42.9 Å². The molecular formula is C17H18N4OS. The van der Waals surface area contributed by atoms with Gasteiger partial charge in [-0.05, 0) is 30.9 Å². The molecule has 0 saturated carbocycles. The first kappa shape index (κ1) is 14.4. The molecule has 5 nitrogen and oxygen atoms in total. The summed E-state index contributed by atoms with van der Waals surface area (Å²) in [5.74, 6) is 1.30. The summed E-state index contributed by atoms with van der Waals surface area (Å²) in [6, 6.07) is 7.79. The van der Waals surface area contributed by atoms with Crippen LogP contribution in [0.5, 0.6) is 5.88 Å². The van der Waals surface area contributed by atoms with E-state index in [0.29, 0.717) is 11.8 Å². The Kier molecular flexibility index (Phi) is 4.06. The standard InChI is InChI=1S/C17H18N4OS/c1-2-7-19-16(3-1)22-12-13-5-9-21(10-6-13)17-20-14-11-18-8-4-15(14)23-17/h1-4,7-8,11,13H,5-6,9-10,12H2. The molecule has 0 amide bonds. The van der Waals surface area contributed by atoms with E-state index in [2.05, 4.69) is 14.9 Å². The van der Waals surface area contributed by atoms with Gasteiger partial charge in [0.05, 0.1) is 17.5 Å². The number of ether oxygens (including phenoxy) is 1. The number of anilines is 1. The number of nitrogens with zero attached hydrogens (tertiary/aromatic N) is 4. The van der Waals surface area contributed by atoms with Crippen molar-refractivity contribution in [2.75, 3.05) is 24.6 Å². The van der Waals surface area contributed by atoms with Gasteiger partial charge in [0.1, 0.15) is 5.52 Å². The summed E-state index contributed by atoms with van der Waals surface area (Å²) in [7, 11) is 0. The lowest BCUT2D eigenvalue weighted by molar-refractivity contribution is 0.216. The summed E-state index contributed by atoms with van der Waals surface area (Å²) in [5, 5.41) is 1.11. The van der Waals surface area contributed by atoms with Crippen LogP contribution >= 0.6 is 11.3 Å². The average Bonchev–Trinajstić information content (AvgIpc) is 3.05. The van der Waals surface area contributed by atoms with Crippen LogP contribution in [0.25, 0.3) is 10.2 Å². The first-order valence-electron chi connectivity index (χ1n) is 7.88. The van der Waals surface area contributed by atoms with E-state index in [4.69, 9.17) is 9.72 Å². The van der Waals surface area contributed by atoms with Crippen LogP contribution in [0, 0.1) is 5.92 Å². The third kappa shape index (κ3) is 3.27. The number of aromatic nitrogens is 3. The van der Waals surface area contributed by atoms with Crippen LogP contribution in [-0.2, 0) is 0 Å². The van der Waals surface area contributed by atoms with Crippen molar-refractivity contribution in [2.45, 2.75) is 12.8 Å². The highest BCUT2D eigenvalue weighted by molar-refractivity contribution is 7.22. The summed E-state index contributed by atoms with van der Waals surface area (Å²) in [6.07, 6.45) is 7.68. The highest BCUT2D eigenvalue weighted by atomic mass is 32.1. The van der Waals surface area contributed by atoms with Crippen LogP contribution in [0.1, 0.15) is 12.8 Å². The van der Waals surface area contributed by atoms with Crippen LogP contribution in [0.2, 0.25) is 0 Å². The maximum absolute atomic E-state index is 5.78. The third-order valence-electron chi connectivity index (χ3n) is 4.17. The molecule has 118 valence electrons. The van der Waals surface area contributed by atoms with E-state index in [1.165, 1.54) is 4.70 Å². The van der Waals surface area contributed by atoms with Gasteiger partial charge in [0.25, 0.3) is 0 Å². The van der Waals surface area contributed by atoms with E-state index in [9.17, 15) is 0 Å². The predicted octanol–water partition coefficient (Wildman–Crippen LogP) is 3.38. The second-order valence-electron chi connectivity index (χ2n) is 5.75. The lowest BCUT2D eigenvalue weighted by Crippen LogP contribution is -2.35. The van der Waals surface area contributed by atoms with Crippen molar-refractivity contribution >= 4 is 26.7 Å². The van der Waals surface area contributed by atoms with Gasteiger partial charge in [-0.1, -0.05) is 17.4 Å². The zero-order valence-electron chi connectivity index (χ0n) is 12.8. The van der Waals surface area contributed by atoms with Gasteiger partial charge in [0, 0.05) is 31.5 Å². The molecule has 0 atom stereocenters. The van der Waals surface area contributed by atoms with E-state index < -0.39 is 0 Å². The summed E-state index contributed by atoms with van der Waals surface area (Å²) >= 11 is 1.75. The molecule has 1 saturated heterocycles. The monoisotopic (exact) mass is 326 g/mol. The third-order valence-corrected chi connectivity index (χ3v) is 5.27. The van der Waals surface area contributed by atoms with Crippen molar-refractivity contribution in [2.24, 2.45) is 5.92 Å². The maximum atomic E-state index is 5.78. The van der Waals surface area contributed by atoms with Crippen LogP contribution < -0.4 is 9.64 Å². The quantitative estimate of drug-likeness (QED) is 0.735. The van der Waals surface area contributed by atoms with Gasteiger partial charge in [-0.3, -0.25) is 4.98 Å². The number of fused-ring (bicyclic) bond motifs is 1. The Morgan fingerprint density at radius 3 is 2.87 bits per heavy atom. The molecule has 4 heterocycles. The molecule has 0 aromatic carbocycles. The normalized spacial score (nSPS) is 15.9. The molecule has 0 N–H and O–H groups in total. The Morgan fingerprint density at radius 1 is 1.17 bits per heavy atom. The molecule has 3 aromatic heterocycles. The number of pyridine rings is 2. The van der Waals surface area contributed by atoms with E-state index >= 15 is 0 Å². The van der Waals surface area contributed by atoms with Gasteiger partial charge in [0.15, 0.2) is 5.13 Å². The Hall–Kier alpha value is -2.21. The van der Waals surface area contributed by atoms with Crippen molar-refractivity contribution in [3.63, 3.8) is 0 Å². The molecule has 1 fully saturated rings. The van der Waals surface area contributed by atoms with Crippen LogP contribution in [0.4, 0.5) is 5.13 Å². The first-order chi connectivity index (χ1) is 11.4. The van der Waals surface area contributed by atoms with Crippen molar-refractivity contribution in [1.82, 2.24) is 15.0 Å². The molecule has 0 unspecified atom stereocenters. The van der Waals surface area contributed by atoms with E-state index in [-0.39, 0.29) is 0 Å². The number of thiazole rings is 1. The minimum absolute atomic E-state index is 0.587. The fraction of sp³-hybridized carbons (Fsp3) is 0.353. The molecule has 4 rings (SSSR count). The molecule has 0 aliphatic carbocycles. The largest absolute Gasteiger partial charge is 0.477 e. The van der Waals surface area contributed by atoms with Gasteiger partial charge in [-0.2, -0.15) is 0 Å². The predicted molar refractivity (Wildman–Crippen MR) is 92.1 cm³/mol. The topological polar surface area (TPSA) is 51.1 Å². The van der Waals surface area contributed by atoms with E-state index in [1.54, 1.807) is 17.5 Å². The van der Waals surface area contributed by atoms with Gasteiger partial charge >= 0.3 is 0 Å². The number of hydrogen-bond donors (Lipinski definition) is 0. The van der Waals surface area contributed by atoms with E-state index in [1.807, 2.05) is 36.7 Å².